The van der Waals surface area contributed by atoms with Gasteiger partial charge >= 0.3 is 6.03 Å². The van der Waals surface area contributed by atoms with Crippen molar-refractivity contribution in [2.24, 2.45) is 0 Å². The van der Waals surface area contributed by atoms with Gasteiger partial charge in [-0.2, -0.15) is 0 Å². The maximum absolute atomic E-state index is 12.8. The zero-order valence-electron chi connectivity index (χ0n) is 13.8. The van der Waals surface area contributed by atoms with E-state index in [1.54, 1.807) is 12.1 Å². The van der Waals surface area contributed by atoms with Crippen molar-refractivity contribution >= 4 is 64.4 Å². The average molecular weight is 426 g/mol. The van der Waals surface area contributed by atoms with Gasteiger partial charge in [0, 0.05) is 0 Å². The highest BCUT2D eigenvalue weighted by molar-refractivity contribution is 6.46. The van der Waals surface area contributed by atoms with Crippen LogP contribution in [0, 0.1) is 0 Å². The van der Waals surface area contributed by atoms with Crippen LogP contribution in [-0.2, 0) is 9.59 Å². The van der Waals surface area contributed by atoms with Gasteiger partial charge in [-0.3, -0.25) is 14.9 Å². The van der Waals surface area contributed by atoms with Crippen LogP contribution in [0.2, 0.25) is 15.1 Å². The summed E-state index contributed by atoms with van der Waals surface area (Å²) in [5.74, 6) is -1.22. The lowest BCUT2D eigenvalue weighted by atomic mass is 10.1. The standard InChI is InChI=1S/C18H11Cl3N2O4/c1-27-14-6-5-9(8-12(14)20)7-10-16(24)22-18(26)23(17(10)25)13-4-2-3-11(19)15(13)21/h2-8H,1H3,(H,22,24,26)/b10-7-. The lowest BCUT2D eigenvalue weighted by Gasteiger charge is -2.27. The Morgan fingerprint density at radius 2 is 1.78 bits per heavy atom. The molecule has 1 saturated heterocycles. The van der Waals surface area contributed by atoms with Crippen LogP contribution in [0.4, 0.5) is 10.5 Å². The number of benzene rings is 2. The van der Waals surface area contributed by atoms with Crippen LogP contribution in [-0.4, -0.2) is 25.0 Å². The van der Waals surface area contributed by atoms with E-state index < -0.39 is 17.8 Å². The number of hydrogen-bond donors (Lipinski definition) is 1. The number of imide groups is 2. The first kappa shape index (κ1) is 19.2. The van der Waals surface area contributed by atoms with Gasteiger partial charge in [-0.1, -0.05) is 46.9 Å². The summed E-state index contributed by atoms with van der Waals surface area (Å²) in [6.45, 7) is 0. The fourth-order valence-corrected chi connectivity index (χ4v) is 3.13. The number of nitrogens with zero attached hydrogens (tertiary/aromatic N) is 1. The second-order valence-corrected chi connectivity index (χ2v) is 6.62. The fraction of sp³-hybridized carbons (Fsp3) is 0.0556. The van der Waals surface area contributed by atoms with Crippen molar-refractivity contribution in [2.75, 3.05) is 12.0 Å². The van der Waals surface area contributed by atoms with Gasteiger partial charge in [-0.15, -0.1) is 0 Å². The first-order valence-electron chi connectivity index (χ1n) is 7.52. The molecule has 1 N–H and O–H groups in total. The minimum absolute atomic E-state index is 0.0175. The highest BCUT2D eigenvalue weighted by Gasteiger charge is 2.38. The largest absolute Gasteiger partial charge is 0.495 e. The average Bonchev–Trinajstić information content (AvgIpc) is 2.62. The summed E-state index contributed by atoms with van der Waals surface area (Å²) in [6.07, 6.45) is 1.32. The maximum Gasteiger partial charge on any atom is 0.336 e. The molecule has 9 heteroatoms. The molecule has 6 nitrogen and oxygen atoms in total. The number of anilines is 1. The van der Waals surface area contributed by atoms with Gasteiger partial charge in [-0.25, -0.2) is 9.69 Å². The molecule has 0 atom stereocenters. The number of urea groups is 1. The molecule has 2 aromatic carbocycles. The zero-order valence-corrected chi connectivity index (χ0v) is 16.0. The molecule has 1 fully saturated rings. The van der Waals surface area contributed by atoms with Crippen molar-refractivity contribution in [3.63, 3.8) is 0 Å². The minimum atomic E-state index is -0.918. The van der Waals surface area contributed by atoms with Gasteiger partial charge in [0.2, 0.25) is 0 Å². The van der Waals surface area contributed by atoms with Crippen molar-refractivity contribution in [2.45, 2.75) is 0 Å². The number of rotatable bonds is 3. The van der Waals surface area contributed by atoms with Crippen LogP contribution < -0.4 is 15.0 Å². The molecule has 27 heavy (non-hydrogen) atoms. The number of ether oxygens (including phenoxy) is 1. The van der Waals surface area contributed by atoms with Crippen LogP contribution in [0.3, 0.4) is 0 Å². The molecular weight excluding hydrogens is 415 g/mol. The summed E-state index contributed by atoms with van der Waals surface area (Å²) in [5, 5.41) is 2.60. The normalized spacial score (nSPS) is 15.9. The number of amides is 4. The van der Waals surface area contributed by atoms with Crippen LogP contribution in [0.1, 0.15) is 5.56 Å². The molecule has 0 aliphatic carbocycles. The van der Waals surface area contributed by atoms with Gasteiger partial charge in [0.15, 0.2) is 0 Å². The van der Waals surface area contributed by atoms with Gasteiger partial charge < -0.3 is 4.74 Å². The van der Waals surface area contributed by atoms with Crippen LogP contribution in [0.15, 0.2) is 42.0 Å². The van der Waals surface area contributed by atoms with Gasteiger partial charge in [0.25, 0.3) is 11.8 Å². The lowest BCUT2D eigenvalue weighted by molar-refractivity contribution is -0.122. The molecule has 4 amide bonds. The van der Waals surface area contributed by atoms with E-state index in [1.165, 1.54) is 37.5 Å². The third-order valence-corrected chi connectivity index (χ3v) is 4.86. The lowest BCUT2D eigenvalue weighted by Crippen LogP contribution is -2.54. The van der Waals surface area contributed by atoms with E-state index in [0.717, 1.165) is 4.90 Å². The topological polar surface area (TPSA) is 75.7 Å². The molecular formula is C18H11Cl3N2O4. The number of carbonyl (C=O) groups is 3. The van der Waals surface area contributed by atoms with Crippen LogP contribution in [0.5, 0.6) is 5.75 Å². The van der Waals surface area contributed by atoms with Gasteiger partial charge in [0.05, 0.1) is 27.9 Å². The van der Waals surface area contributed by atoms with Crippen molar-refractivity contribution in [1.29, 1.82) is 0 Å². The van der Waals surface area contributed by atoms with Crippen LogP contribution in [0.25, 0.3) is 6.08 Å². The Balaban J connectivity index is 2.05. The summed E-state index contributed by atoms with van der Waals surface area (Å²) in [4.78, 5) is 38.0. The third kappa shape index (κ3) is 3.64. The van der Waals surface area contributed by atoms with E-state index in [9.17, 15) is 14.4 Å². The molecule has 138 valence electrons. The maximum atomic E-state index is 12.8. The number of barbiturate groups is 1. The van der Waals surface area contributed by atoms with Gasteiger partial charge in [-0.05, 0) is 35.9 Å². The molecule has 0 spiro atoms. The van der Waals surface area contributed by atoms with Crippen molar-refractivity contribution in [3.05, 3.63) is 62.6 Å². The van der Waals surface area contributed by atoms with E-state index in [0.29, 0.717) is 16.3 Å². The SMILES string of the molecule is COc1ccc(/C=C2/C(=O)NC(=O)N(c3cccc(Cl)c3Cl)C2=O)cc1Cl. The predicted molar refractivity (Wildman–Crippen MR) is 103 cm³/mol. The molecule has 3 rings (SSSR count). The Bertz CT molecular complexity index is 1000. The van der Waals surface area contributed by atoms with Crippen LogP contribution >= 0.6 is 34.8 Å². The summed E-state index contributed by atoms with van der Waals surface area (Å²) >= 11 is 18.1. The number of nitrogens with one attached hydrogen (secondary N) is 1. The van der Waals surface area contributed by atoms with E-state index in [4.69, 9.17) is 39.5 Å². The van der Waals surface area contributed by atoms with E-state index in [1.807, 2.05) is 0 Å². The molecule has 1 aliphatic rings. The predicted octanol–water partition coefficient (Wildman–Crippen LogP) is 4.32. The molecule has 2 aromatic rings. The quantitative estimate of drug-likeness (QED) is 0.587. The second-order valence-electron chi connectivity index (χ2n) is 5.42. The van der Waals surface area contributed by atoms with Crippen molar-refractivity contribution in [1.82, 2.24) is 5.32 Å². The molecule has 0 bridgehead atoms. The summed E-state index contributed by atoms with van der Waals surface area (Å²) in [6, 6.07) is 8.32. The third-order valence-electron chi connectivity index (χ3n) is 3.76. The highest BCUT2D eigenvalue weighted by Crippen LogP contribution is 2.34. The molecule has 0 radical (unpaired) electrons. The summed E-state index contributed by atoms with van der Waals surface area (Å²) in [5.41, 5.74) is 0.287. The van der Waals surface area contributed by atoms with Crippen molar-refractivity contribution in [3.8, 4) is 5.75 Å². The van der Waals surface area contributed by atoms with E-state index in [-0.39, 0.29) is 21.3 Å². The number of hydrogen-bond acceptors (Lipinski definition) is 4. The number of methoxy groups -OCH3 is 1. The fourth-order valence-electron chi connectivity index (χ4n) is 2.48. The Morgan fingerprint density at radius 1 is 1.04 bits per heavy atom. The Kier molecular flexibility index (Phi) is 5.41. The van der Waals surface area contributed by atoms with E-state index >= 15 is 0 Å². The highest BCUT2D eigenvalue weighted by atomic mass is 35.5. The van der Waals surface area contributed by atoms with Crippen molar-refractivity contribution < 1.29 is 19.1 Å². The Morgan fingerprint density at radius 3 is 2.44 bits per heavy atom. The summed E-state index contributed by atoms with van der Waals surface area (Å²) in [7, 11) is 1.47. The second kappa shape index (κ2) is 7.60. The summed E-state index contributed by atoms with van der Waals surface area (Å²) < 4.78 is 5.07. The molecule has 0 saturated carbocycles. The monoisotopic (exact) mass is 424 g/mol. The molecule has 0 unspecified atom stereocenters. The smallest absolute Gasteiger partial charge is 0.336 e. The number of carbonyl (C=O) groups excluding carboxylic acids is 3. The minimum Gasteiger partial charge on any atom is -0.495 e. The Labute approximate surface area is 169 Å². The van der Waals surface area contributed by atoms with E-state index in [2.05, 4.69) is 5.32 Å². The molecule has 1 heterocycles. The first-order chi connectivity index (χ1) is 12.8. The Hall–Kier alpha value is -2.54. The van der Waals surface area contributed by atoms with Gasteiger partial charge in [0.1, 0.15) is 11.3 Å². The zero-order chi connectivity index (χ0) is 19.7. The first-order valence-corrected chi connectivity index (χ1v) is 8.66. The molecule has 1 aliphatic heterocycles. The number of halogens is 3. The molecule has 0 aromatic heterocycles.